The second-order valence-electron chi connectivity index (χ2n) is 7.99. The topological polar surface area (TPSA) is 55.5 Å². The molecular weight excluding hydrogens is 400 g/mol. The summed E-state index contributed by atoms with van der Waals surface area (Å²) >= 11 is 5.97. The van der Waals surface area contributed by atoms with Crippen molar-refractivity contribution in [2.24, 2.45) is 5.92 Å². The fourth-order valence-corrected chi connectivity index (χ4v) is 4.80. The Kier molecular flexibility index (Phi) is 4.83. The lowest BCUT2D eigenvalue weighted by atomic mass is 9.81. The standard InChI is InChI=1S/C24H21ClN2O3/c25-20-8-4-16(5-9-20)3-6-18-7-10-22(28)27-14-17-12-19(23(18)27)15-26(13-17)24(29)21-2-1-11-30-21/h1-11,17,19H,12-15H2. The van der Waals surface area contributed by atoms with Crippen LogP contribution >= 0.6 is 11.6 Å². The summed E-state index contributed by atoms with van der Waals surface area (Å²) in [5.41, 5.74) is 3.09. The maximum absolute atomic E-state index is 12.8. The molecule has 152 valence electrons. The van der Waals surface area contributed by atoms with E-state index in [2.05, 4.69) is 0 Å². The van der Waals surface area contributed by atoms with Crippen molar-refractivity contribution in [3.8, 4) is 0 Å². The smallest absolute Gasteiger partial charge is 0.289 e. The van der Waals surface area contributed by atoms with Gasteiger partial charge in [-0.1, -0.05) is 35.9 Å². The van der Waals surface area contributed by atoms with Gasteiger partial charge in [0.05, 0.1) is 6.26 Å². The van der Waals surface area contributed by atoms with Crippen LogP contribution in [-0.2, 0) is 6.54 Å². The molecule has 6 heteroatoms. The molecule has 1 aromatic carbocycles. The average molecular weight is 421 g/mol. The third kappa shape index (κ3) is 3.50. The van der Waals surface area contributed by atoms with Gasteiger partial charge in [-0.25, -0.2) is 0 Å². The van der Waals surface area contributed by atoms with E-state index in [1.807, 2.05) is 52.0 Å². The first-order chi connectivity index (χ1) is 14.6. The summed E-state index contributed by atoms with van der Waals surface area (Å²) in [4.78, 5) is 27.3. The molecule has 0 radical (unpaired) electrons. The molecule has 1 fully saturated rings. The Balaban J connectivity index is 1.48. The third-order valence-corrected chi connectivity index (χ3v) is 6.22. The fourth-order valence-electron chi connectivity index (χ4n) is 4.67. The van der Waals surface area contributed by atoms with Gasteiger partial charge < -0.3 is 13.9 Å². The van der Waals surface area contributed by atoms with Crippen molar-refractivity contribution in [3.05, 3.63) is 92.8 Å². The molecular formula is C24H21ClN2O3. The Labute approximate surface area is 179 Å². The van der Waals surface area contributed by atoms with Crippen molar-refractivity contribution in [2.45, 2.75) is 18.9 Å². The SMILES string of the molecule is O=C(c1ccco1)N1CC2CC(C1)c1c(C=Cc3ccc(Cl)cc3)ccc(=O)n1C2. The first-order valence-corrected chi connectivity index (χ1v) is 10.5. The maximum Gasteiger partial charge on any atom is 0.289 e. The van der Waals surface area contributed by atoms with Gasteiger partial charge >= 0.3 is 0 Å². The molecule has 2 atom stereocenters. The van der Waals surface area contributed by atoms with E-state index >= 15 is 0 Å². The van der Waals surface area contributed by atoms with E-state index in [1.54, 1.807) is 18.2 Å². The zero-order valence-corrected chi connectivity index (χ0v) is 17.1. The largest absolute Gasteiger partial charge is 0.459 e. The lowest BCUT2D eigenvalue weighted by molar-refractivity contribution is 0.0563. The molecule has 3 aromatic rings. The Bertz CT molecular complexity index is 1160. The lowest BCUT2D eigenvalue weighted by Crippen LogP contribution is -2.49. The molecule has 2 aliphatic rings. The van der Waals surface area contributed by atoms with Gasteiger partial charge in [-0.15, -0.1) is 0 Å². The minimum atomic E-state index is -0.0836. The van der Waals surface area contributed by atoms with Crippen LogP contribution in [0.3, 0.4) is 0 Å². The molecule has 2 aromatic heterocycles. The molecule has 0 N–H and O–H groups in total. The van der Waals surface area contributed by atoms with Crippen LogP contribution in [0.4, 0.5) is 0 Å². The molecule has 30 heavy (non-hydrogen) atoms. The van der Waals surface area contributed by atoms with E-state index in [4.69, 9.17) is 16.0 Å². The van der Waals surface area contributed by atoms with Gasteiger partial charge in [0, 0.05) is 42.3 Å². The van der Waals surface area contributed by atoms with E-state index in [-0.39, 0.29) is 23.3 Å². The molecule has 2 bridgehead atoms. The van der Waals surface area contributed by atoms with Crippen LogP contribution in [0.2, 0.25) is 5.02 Å². The van der Waals surface area contributed by atoms with Gasteiger partial charge in [0.25, 0.3) is 11.5 Å². The molecule has 5 nitrogen and oxygen atoms in total. The van der Waals surface area contributed by atoms with Crippen molar-refractivity contribution < 1.29 is 9.21 Å². The minimum Gasteiger partial charge on any atom is -0.459 e. The number of hydrogen-bond donors (Lipinski definition) is 0. The average Bonchev–Trinajstić information content (AvgIpc) is 3.29. The van der Waals surface area contributed by atoms with Crippen molar-refractivity contribution in [1.82, 2.24) is 9.47 Å². The van der Waals surface area contributed by atoms with Crippen LogP contribution in [0.15, 0.2) is 64.0 Å². The molecule has 2 unspecified atom stereocenters. The Hall–Kier alpha value is -3.05. The molecule has 1 amide bonds. The third-order valence-electron chi connectivity index (χ3n) is 5.97. The second-order valence-corrected chi connectivity index (χ2v) is 8.43. The summed E-state index contributed by atoms with van der Waals surface area (Å²) in [6.07, 6.45) is 6.57. The zero-order valence-electron chi connectivity index (χ0n) is 16.3. The number of aromatic nitrogens is 1. The monoisotopic (exact) mass is 420 g/mol. The van der Waals surface area contributed by atoms with Gasteiger partial charge in [-0.05, 0) is 53.8 Å². The highest BCUT2D eigenvalue weighted by Crippen LogP contribution is 2.37. The highest BCUT2D eigenvalue weighted by atomic mass is 35.5. The number of hydrogen-bond acceptors (Lipinski definition) is 3. The summed E-state index contributed by atoms with van der Waals surface area (Å²) < 4.78 is 7.21. The van der Waals surface area contributed by atoms with Gasteiger partial charge in [0.15, 0.2) is 5.76 Å². The van der Waals surface area contributed by atoms with Gasteiger partial charge in [-0.3, -0.25) is 9.59 Å². The number of fused-ring (bicyclic) bond motifs is 4. The van der Waals surface area contributed by atoms with E-state index in [0.29, 0.717) is 30.4 Å². The van der Waals surface area contributed by atoms with Crippen LogP contribution < -0.4 is 5.56 Å². The van der Waals surface area contributed by atoms with Crippen molar-refractivity contribution in [2.75, 3.05) is 13.1 Å². The summed E-state index contributed by atoms with van der Waals surface area (Å²) in [6.45, 7) is 1.86. The number of benzene rings is 1. The molecule has 4 heterocycles. The van der Waals surface area contributed by atoms with Crippen LogP contribution in [0, 0.1) is 5.92 Å². The van der Waals surface area contributed by atoms with E-state index in [0.717, 1.165) is 23.2 Å². The predicted octanol–water partition coefficient (Wildman–Crippen LogP) is 4.52. The molecule has 0 saturated carbocycles. The summed E-state index contributed by atoms with van der Waals surface area (Å²) in [5, 5.41) is 0.699. The predicted molar refractivity (Wildman–Crippen MR) is 117 cm³/mol. The normalized spacial score (nSPS) is 20.4. The minimum absolute atomic E-state index is 0.0224. The quantitative estimate of drug-likeness (QED) is 0.625. The van der Waals surface area contributed by atoms with Crippen LogP contribution in [-0.4, -0.2) is 28.5 Å². The molecule has 0 aliphatic carbocycles. The van der Waals surface area contributed by atoms with Gasteiger partial charge in [0.2, 0.25) is 0 Å². The van der Waals surface area contributed by atoms with E-state index in [1.165, 1.54) is 6.26 Å². The number of nitrogens with zero attached hydrogens (tertiary/aromatic N) is 2. The summed E-state index contributed by atoms with van der Waals surface area (Å²) in [6, 6.07) is 14.6. The Morgan fingerprint density at radius 1 is 1.03 bits per heavy atom. The van der Waals surface area contributed by atoms with Crippen molar-refractivity contribution >= 4 is 29.7 Å². The fraction of sp³-hybridized carbons (Fsp3) is 0.250. The number of carbonyl (C=O) groups is 1. The Morgan fingerprint density at radius 2 is 1.87 bits per heavy atom. The molecule has 2 aliphatic heterocycles. The maximum atomic E-state index is 12.8. The number of pyridine rings is 1. The molecule has 5 rings (SSSR count). The van der Waals surface area contributed by atoms with E-state index in [9.17, 15) is 9.59 Å². The molecule has 0 spiro atoms. The highest BCUT2D eigenvalue weighted by molar-refractivity contribution is 6.30. The number of halogens is 1. The number of piperidine rings is 1. The summed E-state index contributed by atoms with van der Waals surface area (Å²) in [5.74, 6) is 0.668. The number of carbonyl (C=O) groups excluding carboxylic acids is 1. The molecule has 1 saturated heterocycles. The Morgan fingerprint density at radius 3 is 2.63 bits per heavy atom. The first kappa shape index (κ1) is 18.9. The van der Waals surface area contributed by atoms with Crippen LogP contribution in [0.25, 0.3) is 12.2 Å². The lowest BCUT2D eigenvalue weighted by Gasteiger charge is -2.43. The number of furan rings is 1. The number of amides is 1. The summed E-state index contributed by atoms with van der Waals surface area (Å²) in [7, 11) is 0. The number of rotatable bonds is 3. The van der Waals surface area contributed by atoms with E-state index < -0.39 is 0 Å². The van der Waals surface area contributed by atoms with Crippen LogP contribution in [0.1, 0.15) is 39.7 Å². The second kappa shape index (κ2) is 7.65. The van der Waals surface area contributed by atoms with Crippen molar-refractivity contribution in [1.29, 1.82) is 0 Å². The first-order valence-electron chi connectivity index (χ1n) is 10.1. The number of likely N-dealkylation sites (tertiary alicyclic amines) is 1. The van der Waals surface area contributed by atoms with Gasteiger partial charge in [-0.2, -0.15) is 0 Å². The zero-order chi connectivity index (χ0) is 20.7. The van der Waals surface area contributed by atoms with Crippen LogP contribution in [0.5, 0.6) is 0 Å². The highest BCUT2D eigenvalue weighted by Gasteiger charge is 2.38. The van der Waals surface area contributed by atoms with Crippen molar-refractivity contribution in [3.63, 3.8) is 0 Å². The van der Waals surface area contributed by atoms with Gasteiger partial charge in [0.1, 0.15) is 0 Å².